The Labute approximate surface area is 100 Å². The highest BCUT2D eigenvalue weighted by atomic mass is 15.2. The van der Waals surface area contributed by atoms with Gasteiger partial charge in [-0.3, -0.25) is 0 Å². The zero-order valence-corrected chi connectivity index (χ0v) is 11.1. The molecule has 0 aliphatic carbocycles. The Morgan fingerprint density at radius 1 is 1.31 bits per heavy atom. The molecule has 1 N–H and O–H groups in total. The van der Waals surface area contributed by atoms with Gasteiger partial charge in [0.05, 0.1) is 0 Å². The van der Waals surface area contributed by atoms with Crippen molar-refractivity contribution in [3.05, 3.63) is 0 Å². The summed E-state index contributed by atoms with van der Waals surface area (Å²) in [6, 6.07) is 1.50. The van der Waals surface area contributed by atoms with Crippen molar-refractivity contribution in [2.24, 2.45) is 5.92 Å². The van der Waals surface area contributed by atoms with E-state index in [9.17, 15) is 0 Å². The summed E-state index contributed by atoms with van der Waals surface area (Å²) in [5.41, 5.74) is 0. The molecule has 3 heteroatoms. The van der Waals surface area contributed by atoms with Crippen LogP contribution in [-0.4, -0.2) is 62.2 Å². The maximum Gasteiger partial charge on any atom is 0.0217 e. The van der Waals surface area contributed by atoms with Crippen LogP contribution in [0.25, 0.3) is 0 Å². The molecule has 2 heterocycles. The van der Waals surface area contributed by atoms with E-state index in [1.54, 1.807) is 0 Å². The normalized spacial score (nSPS) is 37.1. The molecule has 3 atom stereocenters. The van der Waals surface area contributed by atoms with E-state index < -0.39 is 0 Å². The van der Waals surface area contributed by atoms with Crippen LogP contribution >= 0.6 is 0 Å². The van der Waals surface area contributed by atoms with E-state index in [0.717, 1.165) is 18.0 Å². The Hall–Kier alpha value is -0.120. The third-order valence-corrected chi connectivity index (χ3v) is 4.39. The molecule has 3 nitrogen and oxygen atoms in total. The van der Waals surface area contributed by atoms with E-state index in [4.69, 9.17) is 0 Å². The average molecular weight is 225 g/mol. The van der Waals surface area contributed by atoms with Crippen LogP contribution in [0.4, 0.5) is 0 Å². The molecule has 0 spiro atoms. The zero-order chi connectivity index (χ0) is 11.5. The van der Waals surface area contributed by atoms with Crippen LogP contribution in [0.3, 0.4) is 0 Å². The molecular formula is C13H27N3. The maximum atomic E-state index is 3.56. The summed E-state index contributed by atoms with van der Waals surface area (Å²) < 4.78 is 0. The highest BCUT2D eigenvalue weighted by Gasteiger charge is 2.28. The summed E-state index contributed by atoms with van der Waals surface area (Å²) >= 11 is 0. The number of nitrogens with one attached hydrogen (secondary N) is 1. The molecule has 0 saturated carbocycles. The van der Waals surface area contributed by atoms with E-state index in [1.165, 1.54) is 45.4 Å². The standard InChI is InChI=1S/C13H27N3/c1-11-12(6-7-14-11)9-16-8-4-5-13(10-16)15(2)3/h11-14H,4-10H2,1-3H3. The topological polar surface area (TPSA) is 18.5 Å². The number of likely N-dealkylation sites (N-methyl/N-ethyl adjacent to an activating group) is 1. The molecule has 0 aromatic heterocycles. The molecule has 94 valence electrons. The van der Waals surface area contributed by atoms with Gasteiger partial charge in [-0.15, -0.1) is 0 Å². The Morgan fingerprint density at radius 3 is 2.75 bits per heavy atom. The van der Waals surface area contributed by atoms with Crippen LogP contribution < -0.4 is 5.32 Å². The van der Waals surface area contributed by atoms with Crippen molar-refractivity contribution >= 4 is 0 Å². The van der Waals surface area contributed by atoms with Crippen molar-refractivity contribution in [3.8, 4) is 0 Å². The second-order valence-electron chi connectivity index (χ2n) is 5.81. The molecule has 2 saturated heterocycles. The Bertz CT molecular complexity index is 217. The molecule has 2 fully saturated rings. The zero-order valence-electron chi connectivity index (χ0n) is 11.1. The van der Waals surface area contributed by atoms with Crippen LogP contribution in [0.2, 0.25) is 0 Å². The summed E-state index contributed by atoms with van der Waals surface area (Å²) in [6.45, 7) is 7.45. The first-order chi connectivity index (χ1) is 7.66. The molecule has 0 radical (unpaired) electrons. The lowest BCUT2D eigenvalue weighted by molar-refractivity contribution is 0.116. The third-order valence-electron chi connectivity index (χ3n) is 4.39. The molecule has 0 bridgehead atoms. The summed E-state index contributed by atoms with van der Waals surface area (Å²) in [5.74, 6) is 0.876. The number of hydrogen-bond donors (Lipinski definition) is 1. The van der Waals surface area contributed by atoms with Gasteiger partial charge in [-0.25, -0.2) is 0 Å². The van der Waals surface area contributed by atoms with Gasteiger partial charge in [-0.05, 0) is 59.3 Å². The minimum absolute atomic E-state index is 0.722. The van der Waals surface area contributed by atoms with Crippen LogP contribution in [0.1, 0.15) is 26.2 Å². The molecule has 0 aromatic carbocycles. The monoisotopic (exact) mass is 225 g/mol. The van der Waals surface area contributed by atoms with Crippen LogP contribution in [-0.2, 0) is 0 Å². The van der Waals surface area contributed by atoms with E-state index in [1.807, 2.05) is 0 Å². The largest absolute Gasteiger partial charge is 0.314 e. The van der Waals surface area contributed by atoms with Crippen molar-refractivity contribution in [2.75, 3.05) is 40.3 Å². The number of nitrogens with zero attached hydrogens (tertiary/aromatic N) is 2. The number of likely N-dealkylation sites (tertiary alicyclic amines) is 1. The van der Waals surface area contributed by atoms with Crippen molar-refractivity contribution in [2.45, 2.75) is 38.3 Å². The van der Waals surface area contributed by atoms with Gasteiger partial charge in [0.15, 0.2) is 0 Å². The highest BCUT2D eigenvalue weighted by Crippen LogP contribution is 2.20. The number of hydrogen-bond acceptors (Lipinski definition) is 3. The van der Waals surface area contributed by atoms with Crippen molar-refractivity contribution in [1.82, 2.24) is 15.1 Å². The quantitative estimate of drug-likeness (QED) is 0.773. The van der Waals surface area contributed by atoms with E-state index in [2.05, 4.69) is 36.1 Å². The minimum Gasteiger partial charge on any atom is -0.314 e. The Balaban J connectivity index is 1.80. The fourth-order valence-electron chi connectivity index (χ4n) is 3.11. The lowest BCUT2D eigenvalue weighted by Crippen LogP contribution is -2.47. The fraction of sp³-hybridized carbons (Fsp3) is 1.00. The lowest BCUT2D eigenvalue weighted by atomic mass is 9.98. The fourth-order valence-corrected chi connectivity index (χ4v) is 3.11. The summed E-state index contributed by atoms with van der Waals surface area (Å²) in [7, 11) is 4.43. The van der Waals surface area contributed by atoms with Gasteiger partial charge < -0.3 is 15.1 Å². The summed E-state index contributed by atoms with van der Waals surface area (Å²) in [5, 5.41) is 3.56. The number of rotatable bonds is 3. The Kier molecular flexibility index (Phi) is 4.22. The van der Waals surface area contributed by atoms with Gasteiger partial charge in [-0.1, -0.05) is 0 Å². The van der Waals surface area contributed by atoms with Gasteiger partial charge in [-0.2, -0.15) is 0 Å². The maximum absolute atomic E-state index is 3.56. The summed E-state index contributed by atoms with van der Waals surface area (Å²) in [6.07, 6.45) is 4.11. The molecule has 3 unspecified atom stereocenters. The first-order valence-electron chi connectivity index (χ1n) is 6.79. The second kappa shape index (κ2) is 5.48. The van der Waals surface area contributed by atoms with Crippen molar-refractivity contribution in [3.63, 3.8) is 0 Å². The molecule has 2 rings (SSSR count). The van der Waals surface area contributed by atoms with Gasteiger partial charge in [0.25, 0.3) is 0 Å². The molecule has 0 aromatic rings. The second-order valence-corrected chi connectivity index (χ2v) is 5.81. The molecule has 2 aliphatic heterocycles. The van der Waals surface area contributed by atoms with E-state index >= 15 is 0 Å². The minimum atomic E-state index is 0.722. The summed E-state index contributed by atoms with van der Waals surface area (Å²) in [4.78, 5) is 5.07. The lowest BCUT2D eigenvalue weighted by Gasteiger charge is -2.37. The SMILES string of the molecule is CC1NCCC1CN1CCCC(N(C)C)C1. The van der Waals surface area contributed by atoms with Crippen molar-refractivity contribution < 1.29 is 0 Å². The molecule has 0 amide bonds. The third kappa shape index (κ3) is 2.96. The first kappa shape index (κ1) is 12.3. The highest BCUT2D eigenvalue weighted by molar-refractivity contribution is 4.85. The molecule has 2 aliphatic rings. The number of piperidine rings is 1. The van der Waals surface area contributed by atoms with Gasteiger partial charge in [0.2, 0.25) is 0 Å². The molecular weight excluding hydrogens is 198 g/mol. The predicted octanol–water partition coefficient (Wildman–Crippen LogP) is 1.01. The Morgan fingerprint density at radius 2 is 2.12 bits per heavy atom. The van der Waals surface area contributed by atoms with Crippen molar-refractivity contribution in [1.29, 1.82) is 0 Å². The smallest absolute Gasteiger partial charge is 0.0217 e. The van der Waals surface area contributed by atoms with Crippen LogP contribution in [0.15, 0.2) is 0 Å². The van der Waals surface area contributed by atoms with Crippen LogP contribution in [0.5, 0.6) is 0 Å². The van der Waals surface area contributed by atoms with E-state index in [0.29, 0.717) is 0 Å². The van der Waals surface area contributed by atoms with Crippen LogP contribution in [0, 0.1) is 5.92 Å². The molecule has 16 heavy (non-hydrogen) atoms. The predicted molar refractivity (Wildman–Crippen MR) is 68.7 cm³/mol. The average Bonchev–Trinajstić information content (AvgIpc) is 2.65. The first-order valence-corrected chi connectivity index (χ1v) is 6.79. The van der Waals surface area contributed by atoms with Gasteiger partial charge >= 0.3 is 0 Å². The van der Waals surface area contributed by atoms with Gasteiger partial charge in [0.1, 0.15) is 0 Å². The van der Waals surface area contributed by atoms with E-state index in [-0.39, 0.29) is 0 Å². The van der Waals surface area contributed by atoms with Gasteiger partial charge in [0, 0.05) is 25.2 Å².